The number of aliphatic hydroxyl groups is 1. The Bertz CT molecular complexity index is 1070. The van der Waals surface area contributed by atoms with E-state index in [1.54, 1.807) is 18.2 Å². The van der Waals surface area contributed by atoms with E-state index in [0.717, 1.165) is 24.6 Å². The van der Waals surface area contributed by atoms with Gasteiger partial charge in [0.25, 0.3) is 0 Å². The third-order valence-corrected chi connectivity index (χ3v) is 8.27. The normalized spacial score (nSPS) is 34.0. The predicted molar refractivity (Wildman–Crippen MR) is 121 cm³/mol. The maximum Gasteiger partial charge on any atom is 0.336 e. The Morgan fingerprint density at radius 1 is 1.12 bits per heavy atom. The fraction of sp³-hybridized carbons (Fsp3) is 0.615. The first-order valence-electron chi connectivity index (χ1n) is 11.5. The second kappa shape index (κ2) is 7.91. The van der Waals surface area contributed by atoms with E-state index in [9.17, 15) is 14.7 Å². The fourth-order valence-electron chi connectivity index (χ4n) is 6.60. The molecule has 4 rings (SSSR count). The largest absolute Gasteiger partial charge is 0.493 e. The Labute approximate surface area is 188 Å². The molecule has 6 heteroatoms. The molecule has 174 valence electrons. The minimum Gasteiger partial charge on any atom is -0.493 e. The molecule has 0 aliphatic heterocycles. The first-order valence-corrected chi connectivity index (χ1v) is 11.5. The minimum atomic E-state index is -0.848. The molecule has 1 aromatic heterocycles. The minimum absolute atomic E-state index is 0.0734. The molecule has 1 N–H and O–H groups in total. The molecule has 2 saturated carbocycles. The topological polar surface area (TPSA) is 86.0 Å². The number of esters is 1. The summed E-state index contributed by atoms with van der Waals surface area (Å²) in [6.07, 6.45) is 3.10. The quantitative estimate of drug-likeness (QED) is 0.545. The molecule has 1 aromatic carbocycles. The van der Waals surface area contributed by atoms with Crippen LogP contribution in [-0.2, 0) is 9.53 Å². The highest BCUT2D eigenvalue weighted by atomic mass is 16.5. The van der Waals surface area contributed by atoms with E-state index in [1.807, 2.05) is 13.0 Å². The molecule has 32 heavy (non-hydrogen) atoms. The van der Waals surface area contributed by atoms with Crippen molar-refractivity contribution in [3.63, 3.8) is 0 Å². The van der Waals surface area contributed by atoms with Gasteiger partial charge in [-0.15, -0.1) is 0 Å². The molecule has 5 atom stereocenters. The van der Waals surface area contributed by atoms with Crippen LogP contribution in [0.1, 0.15) is 60.3 Å². The highest BCUT2D eigenvalue weighted by Crippen LogP contribution is 2.62. The fourth-order valence-corrected chi connectivity index (χ4v) is 6.60. The van der Waals surface area contributed by atoms with Gasteiger partial charge in [0, 0.05) is 29.7 Å². The highest BCUT2D eigenvalue weighted by Gasteiger charge is 2.61. The molecule has 6 nitrogen and oxygen atoms in total. The molecule has 2 aromatic rings. The average Bonchev–Trinajstić information content (AvgIpc) is 2.69. The standard InChI is InChI=1S/C26H34O6/c1-16(27)31-22-11-12-25(4)20(24(22,2)3)10-13-26(5,29)21(25)15-30-18-7-8-19-17(14-18)6-9-23(28)32-19/h6-9,14,20-22,29H,10-13,15H2,1-5H3. The zero-order valence-corrected chi connectivity index (χ0v) is 19.6. The van der Waals surface area contributed by atoms with Crippen molar-refractivity contribution in [3.8, 4) is 5.75 Å². The van der Waals surface area contributed by atoms with Gasteiger partial charge >= 0.3 is 11.6 Å². The lowest BCUT2D eigenvalue weighted by molar-refractivity contribution is -0.210. The van der Waals surface area contributed by atoms with E-state index in [1.165, 1.54) is 13.0 Å². The number of ether oxygens (including phenoxy) is 2. The summed E-state index contributed by atoms with van der Waals surface area (Å²) in [7, 11) is 0. The molecular weight excluding hydrogens is 408 g/mol. The Kier molecular flexibility index (Phi) is 5.64. The molecule has 0 spiro atoms. The van der Waals surface area contributed by atoms with E-state index in [0.29, 0.717) is 30.3 Å². The maximum atomic E-state index is 11.7. The van der Waals surface area contributed by atoms with Gasteiger partial charge < -0.3 is 19.0 Å². The predicted octanol–water partition coefficient (Wildman–Crippen LogP) is 4.71. The SMILES string of the molecule is CC(=O)OC1CCC2(C)C(COc3ccc4oc(=O)ccc4c3)C(C)(O)CCC2C1(C)C. The molecular formula is C26H34O6. The van der Waals surface area contributed by atoms with Crippen LogP contribution >= 0.6 is 0 Å². The molecule has 1 heterocycles. The van der Waals surface area contributed by atoms with Gasteiger partial charge in [-0.05, 0) is 68.2 Å². The molecule has 2 aliphatic rings. The second-order valence-corrected chi connectivity index (χ2v) is 10.7. The smallest absolute Gasteiger partial charge is 0.336 e. The summed E-state index contributed by atoms with van der Waals surface area (Å²) in [5, 5.41) is 12.2. The van der Waals surface area contributed by atoms with Crippen LogP contribution in [0.3, 0.4) is 0 Å². The average molecular weight is 443 g/mol. The number of rotatable bonds is 4. The van der Waals surface area contributed by atoms with Gasteiger partial charge in [-0.3, -0.25) is 4.79 Å². The number of carbonyl (C=O) groups is 1. The monoisotopic (exact) mass is 442 g/mol. The lowest BCUT2D eigenvalue weighted by atomic mass is 9.45. The van der Waals surface area contributed by atoms with Gasteiger partial charge in [-0.25, -0.2) is 4.79 Å². The summed E-state index contributed by atoms with van der Waals surface area (Å²) in [5.74, 6) is 0.672. The van der Waals surface area contributed by atoms with Crippen LogP contribution in [0.5, 0.6) is 5.75 Å². The number of benzene rings is 1. The Hall–Kier alpha value is -2.34. The molecule has 5 unspecified atom stereocenters. The molecule has 2 fully saturated rings. The number of hydrogen-bond donors (Lipinski definition) is 1. The molecule has 0 amide bonds. The van der Waals surface area contributed by atoms with E-state index in [4.69, 9.17) is 13.9 Å². The van der Waals surface area contributed by atoms with E-state index < -0.39 is 5.60 Å². The Balaban J connectivity index is 1.59. The Morgan fingerprint density at radius 3 is 2.59 bits per heavy atom. The maximum absolute atomic E-state index is 11.7. The van der Waals surface area contributed by atoms with Gasteiger partial charge in [-0.2, -0.15) is 0 Å². The van der Waals surface area contributed by atoms with Crippen molar-refractivity contribution in [2.45, 2.75) is 72.0 Å². The van der Waals surface area contributed by atoms with Crippen molar-refractivity contribution in [1.29, 1.82) is 0 Å². The summed E-state index contributed by atoms with van der Waals surface area (Å²) in [5.41, 5.74) is -1.04. The van der Waals surface area contributed by atoms with E-state index in [2.05, 4.69) is 20.8 Å². The third kappa shape index (κ3) is 3.94. The summed E-state index contributed by atoms with van der Waals surface area (Å²) in [6.45, 7) is 10.4. The van der Waals surface area contributed by atoms with Crippen LogP contribution in [0.25, 0.3) is 11.0 Å². The van der Waals surface area contributed by atoms with Gasteiger partial charge in [0.05, 0.1) is 12.2 Å². The summed E-state index contributed by atoms with van der Waals surface area (Å²) < 4.78 is 17.1. The summed E-state index contributed by atoms with van der Waals surface area (Å²) in [4.78, 5) is 23.1. The van der Waals surface area contributed by atoms with Crippen LogP contribution in [0, 0.1) is 22.7 Å². The van der Waals surface area contributed by atoms with Gasteiger partial charge in [0.1, 0.15) is 17.4 Å². The first-order chi connectivity index (χ1) is 14.9. The second-order valence-electron chi connectivity index (χ2n) is 10.7. The van der Waals surface area contributed by atoms with Crippen LogP contribution < -0.4 is 10.4 Å². The van der Waals surface area contributed by atoms with Crippen LogP contribution in [0.2, 0.25) is 0 Å². The molecule has 2 aliphatic carbocycles. The van der Waals surface area contributed by atoms with Gasteiger partial charge in [0.2, 0.25) is 0 Å². The molecule has 0 bridgehead atoms. The van der Waals surface area contributed by atoms with E-state index >= 15 is 0 Å². The number of carbonyl (C=O) groups excluding carboxylic acids is 1. The number of hydrogen-bond acceptors (Lipinski definition) is 6. The zero-order valence-electron chi connectivity index (χ0n) is 19.6. The van der Waals surface area contributed by atoms with Crippen molar-refractivity contribution in [1.82, 2.24) is 0 Å². The third-order valence-electron chi connectivity index (χ3n) is 8.27. The van der Waals surface area contributed by atoms with E-state index in [-0.39, 0.29) is 34.4 Å². The number of fused-ring (bicyclic) bond motifs is 2. The van der Waals surface area contributed by atoms with Crippen LogP contribution in [-0.4, -0.2) is 29.4 Å². The lowest BCUT2D eigenvalue weighted by Gasteiger charge is -2.62. The van der Waals surface area contributed by atoms with Crippen molar-refractivity contribution in [2.75, 3.05) is 6.61 Å². The molecule has 0 saturated heterocycles. The Morgan fingerprint density at radius 2 is 1.88 bits per heavy atom. The molecule has 0 radical (unpaired) electrons. The van der Waals surface area contributed by atoms with Crippen molar-refractivity contribution < 1.29 is 23.8 Å². The van der Waals surface area contributed by atoms with Gasteiger partial charge in [-0.1, -0.05) is 20.8 Å². The summed E-state index contributed by atoms with van der Waals surface area (Å²) in [6, 6.07) is 8.51. The summed E-state index contributed by atoms with van der Waals surface area (Å²) >= 11 is 0. The first kappa shape index (κ1) is 22.8. The van der Waals surface area contributed by atoms with Crippen molar-refractivity contribution >= 4 is 16.9 Å². The van der Waals surface area contributed by atoms with Crippen molar-refractivity contribution in [3.05, 3.63) is 40.8 Å². The zero-order chi connectivity index (χ0) is 23.3. The van der Waals surface area contributed by atoms with Crippen molar-refractivity contribution in [2.24, 2.45) is 22.7 Å². The van der Waals surface area contributed by atoms with Gasteiger partial charge in [0.15, 0.2) is 0 Å². The highest BCUT2D eigenvalue weighted by molar-refractivity contribution is 5.77. The van der Waals surface area contributed by atoms with Crippen LogP contribution in [0.15, 0.2) is 39.5 Å². The lowest BCUT2D eigenvalue weighted by Crippen LogP contribution is -2.62. The van der Waals surface area contributed by atoms with Crippen LogP contribution in [0.4, 0.5) is 0 Å².